The molecule has 1 aliphatic heterocycles. The van der Waals surface area contributed by atoms with Crippen LogP contribution in [0.4, 0.5) is 8.78 Å². The van der Waals surface area contributed by atoms with Crippen LogP contribution in [0.1, 0.15) is 32.8 Å². The summed E-state index contributed by atoms with van der Waals surface area (Å²) in [5.41, 5.74) is 1.25. The monoisotopic (exact) mass is 426 g/mol. The number of benzene rings is 1. The molecule has 1 saturated heterocycles. The third-order valence-electron chi connectivity index (χ3n) is 5.01. The molecule has 8 nitrogen and oxygen atoms in total. The van der Waals surface area contributed by atoms with Gasteiger partial charge in [0.25, 0.3) is 17.7 Å². The van der Waals surface area contributed by atoms with Crippen LogP contribution < -0.4 is 5.32 Å². The molecule has 0 radical (unpaired) electrons. The van der Waals surface area contributed by atoms with Gasteiger partial charge in [-0.2, -0.15) is 0 Å². The average Bonchev–Trinajstić information content (AvgIpc) is 3.36. The Balaban J connectivity index is 1.42. The summed E-state index contributed by atoms with van der Waals surface area (Å²) >= 11 is 0. The number of halogens is 2. The van der Waals surface area contributed by atoms with E-state index in [1.165, 1.54) is 29.3 Å². The van der Waals surface area contributed by atoms with Crippen molar-refractivity contribution in [2.24, 2.45) is 0 Å². The average molecular weight is 426 g/mol. The lowest BCUT2D eigenvalue weighted by Crippen LogP contribution is -2.38. The summed E-state index contributed by atoms with van der Waals surface area (Å²) in [5, 5.41) is 10.5. The summed E-state index contributed by atoms with van der Waals surface area (Å²) < 4.78 is 29.5. The lowest BCUT2D eigenvalue weighted by atomic mass is 10.2. The predicted octanol–water partition coefficient (Wildman–Crippen LogP) is 2.15. The van der Waals surface area contributed by atoms with Crippen LogP contribution in [0.5, 0.6) is 0 Å². The van der Waals surface area contributed by atoms with E-state index >= 15 is 0 Å². The first-order valence-corrected chi connectivity index (χ1v) is 9.72. The quantitative estimate of drug-likeness (QED) is 0.652. The zero-order chi connectivity index (χ0) is 21.8. The minimum atomic E-state index is -3.00. The number of hydrogen-bond acceptors (Lipinski definition) is 5. The Hall–Kier alpha value is -3.69. The lowest BCUT2D eigenvalue weighted by molar-refractivity contribution is 0.0117. The second-order valence-electron chi connectivity index (χ2n) is 7.38. The minimum absolute atomic E-state index is 0.000553. The van der Waals surface area contributed by atoms with Crippen LogP contribution in [-0.2, 0) is 13.1 Å². The Morgan fingerprint density at radius 1 is 1.16 bits per heavy atom. The molecule has 3 heterocycles. The zero-order valence-corrected chi connectivity index (χ0v) is 16.5. The van der Waals surface area contributed by atoms with Crippen molar-refractivity contribution >= 4 is 11.8 Å². The van der Waals surface area contributed by atoms with Crippen LogP contribution in [0.3, 0.4) is 0 Å². The van der Waals surface area contributed by atoms with Gasteiger partial charge in [0.1, 0.15) is 0 Å². The number of nitrogens with zero attached hydrogens (tertiary/aromatic N) is 5. The number of aromatic nitrogens is 4. The summed E-state index contributed by atoms with van der Waals surface area (Å²) in [6, 6.07) is 11.7. The van der Waals surface area contributed by atoms with E-state index in [0.29, 0.717) is 6.54 Å². The van der Waals surface area contributed by atoms with Crippen LogP contribution in [0.2, 0.25) is 0 Å². The van der Waals surface area contributed by atoms with Gasteiger partial charge in [0.2, 0.25) is 0 Å². The molecule has 31 heavy (non-hydrogen) atoms. The Kier molecular flexibility index (Phi) is 5.70. The van der Waals surface area contributed by atoms with E-state index in [9.17, 15) is 18.4 Å². The second kappa shape index (κ2) is 8.58. The first kappa shape index (κ1) is 20.6. The highest BCUT2D eigenvalue weighted by Crippen LogP contribution is 2.33. The van der Waals surface area contributed by atoms with Crippen LogP contribution >= 0.6 is 0 Å². The van der Waals surface area contributed by atoms with Crippen molar-refractivity contribution in [2.45, 2.75) is 31.5 Å². The van der Waals surface area contributed by atoms with Gasteiger partial charge in [0.15, 0.2) is 5.69 Å². The van der Waals surface area contributed by atoms with Crippen molar-refractivity contribution in [3.8, 4) is 0 Å². The Morgan fingerprint density at radius 2 is 1.97 bits per heavy atom. The molecule has 1 aliphatic rings. The minimum Gasteiger partial charge on any atom is -0.347 e. The van der Waals surface area contributed by atoms with Gasteiger partial charge in [-0.25, -0.2) is 13.5 Å². The molecule has 1 N–H and O–H groups in total. The van der Waals surface area contributed by atoms with Crippen molar-refractivity contribution in [1.29, 1.82) is 0 Å². The largest absolute Gasteiger partial charge is 0.347 e. The summed E-state index contributed by atoms with van der Waals surface area (Å²) in [6.45, 7) is -0.347. The molecule has 1 aromatic carbocycles. The number of hydrogen-bond donors (Lipinski definition) is 1. The normalized spacial score (nSPS) is 17.5. The lowest BCUT2D eigenvalue weighted by Gasteiger charge is -2.23. The predicted molar refractivity (Wildman–Crippen MR) is 106 cm³/mol. The molecule has 2 amide bonds. The number of pyridine rings is 1. The van der Waals surface area contributed by atoms with Gasteiger partial charge in [-0.05, 0) is 17.7 Å². The highest BCUT2D eigenvalue weighted by atomic mass is 19.3. The highest BCUT2D eigenvalue weighted by molar-refractivity contribution is 5.94. The Labute approximate surface area is 176 Å². The molecule has 0 saturated carbocycles. The van der Waals surface area contributed by atoms with Gasteiger partial charge < -0.3 is 10.2 Å². The van der Waals surface area contributed by atoms with E-state index in [2.05, 4.69) is 20.6 Å². The maximum Gasteiger partial charge on any atom is 0.273 e. The second-order valence-corrected chi connectivity index (χ2v) is 7.38. The fourth-order valence-electron chi connectivity index (χ4n) is 3.53. The van der Waals surface area contributed by atoms with Gasteiger partial charge in [-0.3, -0.25) is 14.6 Å². The molecule has 0 bridgehead atoms. The smallest absolute Gasteiger partial charge is 0.273 e. The topological polar surface area (TPSA) is 93.0 Å². The highest BCUT2D eigenvalue weighted by Gasteiger charge is 2.47. The molecule has 10 heteroatoms. The van der Waals surface area contributed by atoms with Crippen LogP contribution in [-0.4, -0.2) is 55.2 Å². The Morgan fingerprint density at radius 3 is 2.71 bits per heavy atom. The van der Waals surface area contributed by atoms with E-state index < -0.39 is 36.7 Å². The molecule has 3 aromatic rings. The third-order valence-corrected chi connectivity index (χ3v) is 5.01. The van der Waals surface area contributed by atoms with Crippen LogP contribution in [0.25, 0.3) is 0 Å². The molecule has 0 spiro atoms. The van der Waals surface area contributed by atoms with Crippen molar-refractivity contribution in [3.63, 3.8) is 0 Å². The SMILES string of the molecule is O=C(NCc1ccccc1)c1cn(C[C@@H]2CC(F)(F)CN2C(=O)c2cccnc2)nn1. The molecular formula is C21H20F2N6O2. The summed E-state index contributed by atoms with van der Waals surface area (Å²) in [5.74, 6) is -3.94. The summed E-state index contributed by atoms with van der Waals surface area (Å²) in [7, 11) is 0. The van der Waals surface area contributed by atoms with Crippen LogP contribution in [0, 0.1) is 0 Å². The molecule has 1 atom stereocenters. The first-order valence-electron chi connectivity index (χ1n) is 9.72. The summed E-state index contributed by atoms with van der Waals surface area (Å²) in [6.07, 6.45) is 3.76. The van der Waals surface area contributed by atoms with Crippen LogP contribution in [0.15, 0.2) is 61.1 Å². The van der Waals surface area contributed by atoms with Gasteiger partial charge in [0.05, 0.1) is 30.9 Å². The van der Waals surface area contributed by atoms with E-state index in [4.69, 9.17) is 0 Å². The number of amides is 2. The molecule has 160 valence electrons. The van der Waals surface area contributed by atoms with E-state index in [1.54, 1.807) is 6.07 Å². The number of alkyl halides is 2. The molecular weight excluding hydrogens is 406 g/mol. The molecule has 0 aliphatic carbocycles. The number of nitrogens with one attached hydrogen (secondary N) is 1. The maximum atomic E-state index is 14.1. The van der Waals surface area contributed by atoms with Gasteiger partial charge in [-0.15, -0.1) is 5.10 Å². The van der Waals surface area contributed by atoms with Gasteiger partial charge in [0, 0.05) is 25.4 Å². The van der Waals surface area contributed by atoms with Crippen molar-refractivity contribution < 1.29 is 18.4 Å². The third kappa shape index (κ3) is 4.90. The standard InChI is InChI=1S/C21H20F2N6O2/c22-21(23)9-17(29(14-21)20(31)16-7-4-8-24-11-16)12-28-13-18(26-27-28)19(30)25-10-15-5-2-1-3-6-15/h1-8,11,13,17H,9-10,12,14H2,(H,25,30)/t17-/m0/s1. The van der Waals surface area contributed by atoms with E-state index in [1.807, 2.05) is 30.3 Å². The number of rotatable bonds is 6. The number of likely N-dealkylation sites (tertiary alicyclic amines) is 1. The molecule has 4 rings (SSSR count). The zero-order valence-electron chi connectivity index (χ0n) is 16.5. The summed E-state index contributed by atoms with van der Waals surface area (Å²) in [4.78, 5) is 30.0. The fourth-order valence-corrected chi connectivity index (χ4v) is 3.53. The maximum absolute atomic E-state index is 14.1. The van der Waals surface area contributed by atoms with E-state index in [-0.39, 0.29) is 17.8 Å². The van der Waals surface area contributed by atoms with Gasteiger partial charge in [-0.1, -0.05) is 35.5 Å². The molecule has 2 aromatic heterocycles. The van der Waals surface area contributed by atoms with Crippen molar-refractivity contribution in [3.05, 3.63) is 77.9 Å². The van der Waals surface area contributed by atoms with Crippen molar-refractivity contribution in [1.82, 2.24) is 30.2 Å². The van der Waals surface area contributed by atoms with E-state index in [0.717, 1.165) is 10.5 Å². The Bertz CT molecular complexity index is 1060. The van der Waals surface area contributed by atoms with Crippen molar-refractivity contribution in [2.75, 3.05) is 6.54 Å². The first-order chi connectivity index (χ1) is 14.9. The number of carbonyl (C=O) groups is 2. The molecule has 0 unspecified atom stereocenters. The fraction of sp³-hybridized carbons (Fsp3) is 0.286. The molecule has 1 fully saturated rings. The van der Waals surface area contributed by atoms with Gasteiger partial charge >= 0.3 is 0 Å². The number of carbonyl (C=O) groups excluding carboxylic acids is 2.